The molecule has 0 radical (unpaired) electrons. The molecule has 2 aromatic heterocycles. The highest BCUT2D eigenvalue weighted by Crippen LogP contribution is 2.34. The number of hydrogen-bond donors (Lipinski definition) is 5. The van der Waals surface area contributed by atoms with E-state index in [-0.39, 0.29) is 5.91 Å². The lowest BCUT2D eigenvalue weighted by atomic mass is 9.99. The summed E-state index contributed by atoms with van der Waals surface area (Å²) in [5.41, 5.74) is 1.89. The fraction of sp³-hybridized carbons (Fsp3) is 0.423. The number of nitrogens with one attached hydrogen (secondary N) is 3. The lowest BCUT2D eigenvalue weighted by Crippen LogP contribution is -2.49. The molecule has 10 heteroatoms. The molecule has 1 saturated heterocycles. The average molecular weight is 509 g/mol. The highest BCUT2D eigenvalue weighted by atomic mass is 32.1. The molecule has 2 atom stereocenters. The number of fused-ring (bicyclic) bond motifs is 1. The molecule has 36 heavy (non-hydrogen) atoms. The number of anilines is 2. The average Bonchev–Trinajstić information content (AvgIpc) is 3.38. The zero-order valence-electron chi connectivity index (χ0n) is 20.5. The van der Waals surface area contributed by atoms with Gasteiger partial charge in [-0.3, -0.25) is 15.0 Å². The summed E-state index contributed by atoms with van der Waals surface area (Å²) in [5, 5.41) is 30.3. The SMILES string of the molecule is CC1(C)C(O)NC(O)N1CCNc1nccc(-c2cc3cc(NC(=O)C4=CCCCC4)ccc3s2)n1. The van der Waals surface area contributed by atoms with E-state index >= 15 is 0 Å². The molecule has 9 nitrogen and oxygen atoms in total. The maximum Gasteiger partial charge on any atom is 0.251 e. The highest BCUT2D eigenvalue weighted by Gasteiger charge is 2.45. The largest absolute Gasteiger partial charge is 0.377 e. The number of aliphatic hydroxyl groups is 2. The second-order valence-corrected chi connectivity index (χ2v) is 10.9. The molecular formula is C26H32N6O3S. The van der Waals surface area contributed by atoms with Crippen molar-refractivity contribution in [3.05, 3.63) is 48.2 Å². The Morgan fingerprint density at radius 3 is 2.86 bits per heavy atom. The van der Waals surface area contributed by atoms with E-state index in [1.165, 1.54) is 0 Å². The predicted molar refractivity (Wildman–Crippen MR) is 142 cm³/mol. The van der Waals surface area contributed by atoms with Crippen molar-refractivity contribution in [3.8, 4) is 10.6 Å². The van der Waals surface area contributed by atoms with Crippen molar-refractivity contribution in [1.82, 2.24) is 20.2 Å². The molecule has 5 rings (SSSR count). The zero-order valence-corrected chi connectivity index (χ0v) is 21.3. The third-order valence-corrected chi connectivity index (χ3v) is 8.05. The number of hydrogen-bond acceptors (Lipinski definition) is 9. The quantitative estimate of drug-likeness (QED) is 0.329. The number of nitrogens with zero attached hydrogens (tertiary/aromatic N) is 3. The van der Waals surface area contributed by atoms with Crippen LogP contribution >= 0.6 is 11.3 Å². The van der Waals surface area contributed by atoms with Crippen LogP contribution in [0.2, 0.25) is 0 Å². The Morgan fingerprint density at radius 1 is 1.25 bits per heavy atom. The summed E-state index contributed by atoms with van der Waals surface area (Å²) in [6.45, 7) is 4.76. The van der Waals surface area contributed by atoms with Crippen LogP contribution in [0.1, 0.15) is 39.5 Å². The minimum atomic E-state index is -0.906. The third-order valence-electron chi connectivity index (χ3n) is 6.91. The maximum absolute atomic E-state index is 12.6. The van der Waals surface area contributed by atoms with E-state index in [2.05, 4.69) is 38.1 Å². The highest BCUT2D eigenvalue weighted by molar-refractivity contribution is 7.22. The van der Waals surface area contributed by atoms with Crippen LogP contribution in [-0.2, 0) is 4.79 Å². The number of carbonyl (C=O) groups excluding carboxylic acids is 1. The summed E-state index contributed by atoms with van der Waals surface area (Å²) in [6, 6.07) is 9.93. The fourth-order valence-corrected chi connectivity index (χ4v) is 5.70. The van der Waals surface area contributed by atoms with Crippen LogP contribution in [0.5, 0.6) is 0 Å². The van der Waals surface area contributed by atoms with Gasteiger partial charge in [-0.2, -0.15) is 0 Å². The first-order valence-corrected chi connectivity index (χ1v) is 13.1. The Labute approximate surface area is 214 Å². The number of aromatic nitrogens is 2. The first-order chi connectivity index (χ1) is 17.3. The van der Waals surface area contributed by atoms with Gasteiger partial charge in [0.1, 0.15) is 6.23 Å². The van der Waals surface area contributed by atoms with Crippen molar-refractivity contribution in [1.29, 1.82) is 0 Å². The summed E-state index contributed by atoms with van der Waals surface area (Å²) in [6.07, 6.45) is 6.10. The standard InChI is InChI=1S/C26H32N6O3S/c1-26(2)23(34)31-25(35)32(26)13-12-28-24-27-11-10-19(30-24)21-15-17-14-18(8-9-20(17)36-21)29-22(33)16-6-4-3-5-7-16/h6,8-11,14-15,23,25,31,34-35H,3-5,7,12-13H2,1-2H3,(H,29,33)(H,27,28,30). The van der Waals surface area contributed by atoms with E-state index < -0.39 is 18.1 Å². The lowest BCUT2D eigenvalue weighted by Gasteiger charge is -2.33. The van der Waals surface area contributed by atoms with Crippen LogP contribution in [0.3, 0.4) is 0 Å². The Kier molecular flexibility index (Phi) is 7.05. The van der Waals surface area contributed by atoms with E-state index in [1.807, 2.05) is 38.1 Å². The molecule has 1 amide bonds. The van der Waals surface area contributed by atoms with Gasteiger partial charge >= 0.3 is 0 Å². The third kappa shape index (κ3) is 5.14. The van der Waals surface area contributed by atoms with Gasteiger partial charge in [-0.05, 0) is 75.2 Å². The van der Waals surface area contributed by atoms with E-state index in [0.29, 0.717) is 19.0 Å². The van der Waals surface area contributed by atoms with E-state index in [4.69, 9.17) is 0 Å². The van der Waals surface area contributed by atoms with Gasteiger partial charge in [-0.15, -0.1) is 11.3 Å². The van der Waals surface area contributed by atoms with Crippen molar-refractivity contribution in [2.45, 2.75) is 57.6 Å². The first-order valence-electron chi connectivity index (χ1n) is 12.3. The molecule has 0 spiro atoms. The Morgan fingerprint density at radius 2 is 2.11 bits per heavy atom. The van der Waals surface area contributed by atoms with Crippen molar-refractivity contribution in [2.24, 2.45) is 0 Å². The minimum Gasteiger partial charge on any atom is -0.377 e. The fourth-order valence-electron chi connectivity index (χ4n) is 4.69. The molecule has 2 unspecified atom stereocenters. The molecule has 3 aromatic rings. The molecule has 0 saturated carbocycles. The number of benzene rings is 1. The molecule has 190 valence electrons. The smallest absolute Gasteiger partial charge is 0.251 e. The Hall–Kier alpha value is -2.89. The van der Waals surface area contributed by atoms with Crippen LogP contribution in [0.4, 0.5) is 11.6 Å². The van der Waals surface area contributed by atoms with Gasteiger partial charge in [-0.1, -0.05) is 6.08 Å². The van der Waals surface area contributed by atoms with Gasteiger partial charge < -0.3 is 20.8 Å². The summed E-state index contributed by atoms with van der Waals surface area (Å²) in [4.78, 5) is 24.4. The number of aliphatic hydroxyl groups excluding tert-OH is 2. The van der Waals surface area contributed by atoms with Crippen molar-refractivity contribution in [2.75, 3.05) is 23.7 Å². The maximum atomic E-state index is 12.6. The monoisotopic (exact) mass is 508 g/mol. The van der Waals surface area contributed by atoms with Gasteiger partial charge in [-0.25, -0.2) is 9.97 Å². The second-order valence-electron chi connectivity index (χ2n) is 9.77. The van der Waals surface area contributed by atoms with Crippen molar-refractivity contribution >= 4 is 39.0 Å². The van der Waals surface area contributed by atoms with Crippen molar-refractivity contribution in [3.63, 3.8) is 0 Å². The van der Waals surface area contributed by atoms with Crippen molar-refractivity contribution < 1.29 is 15.0 Å². The molecule has 0 bridgehead atoms. The zero-order chi connectivity index (χ0) is 25.3. The van der Waals surface area contributed by atoms with E-state index in [1.54, 1.807) is 22.4 Å². The topological polar surface area (TPSA) is 123 Å². The van der Waals surface area contributed by atoms with Crippen LogP contribution in [-0.4, -0.2) is 62.2 Å². The van der Waals surface area contributed by atoms with Crippen LogP contribution in [0.15, 0.2) is 48.2 Å². The van der Waals surface area contributed by atoms with E-state index in [0.717, 1.165) is 57.6 Å². The molecule has 1 aliphatic heterocycles. The number of rotatable bonds is 7. The van der Waals surface area contributed by atoms with E-state index in [9.17, 15) is 15.0 Å². The lowest BCUT2D eigenvalue weighted by molar-refractivity contribution is -0.113. The Balaban J connectivity index is 1.25. The number of allylic oxidation sites excluding steroid dienone is 1. The molecule has 5 N–H and O–H groups in total. The van der Waals surface area contributed by atoms with Gasteiger partial charge in [0.15, 0.2) is 6.35 Å². The number of amides is 1. The predicted octanol–water partition coefficient (Wildman–Crippen LogP) is 3.49. The number of carbonyl (C=O) groups is 1. The van der Waals surface area contributed by atoms with Gasteiger partial charge in [0.05, 0.1) is 16.1 Å². The van der Waals surface area contributed by atoms with Gasteiger partial charge in [0.2, 0.25) is 5.95 Å². The summed E-state index contributed by atoms with van der Waals surface area (Å²) in [7, 11) is 0. The molecule has 1 fully saturated rings. The summed E-state index contributed by atoms with van der Waals surface area (Å²) in [5.74, 6) is 0.491. The normalized spacial score (nSPS) is 21.9. The first kappa shape index (κ1) is 24.8. The van der Waals surface area contributed by atoms with Crippen LogP contribution in [0, 0.1) is 0 Å². The number of thiophene rings is 1. The molecule has 1 aromatic carbocycles. The second kappa shape index (κ2) is 10.2. The van der Waals surface area contributed by atoms with Crippen LogP contribution < -0.4 is 16.0 Å². The summed E-state index contributed by atoms with van der Waals surface area (Å²) < 4.78 is 1.12. The van der Waals surface area contributed by atoms with Gasteiger partial charge in [0.25, 0.3) is 5.91 Å². The molecule has 1 aliphatic carbocycles. The van der Waals surface area contributed by atoms with Crippen LogP contribution in [0.25, 0.3) is 20.7 Å². The molecule has 3 heterocycles. The summed E-state index contributed by atoms with van der Waals surface area (Å²) >= 11 is 1.64. The Bertz CT molecular complexity index is 1290. The molecular weight excluding hydrogens is 476 g/mol. The molecule has 2 aliphatic rings. The minimum absolute atomic E-state index is 0.00820. The van der Waals surface area contributed by atoms with Gasteiger partial charge in [0, 0.05) is 35.2 Å².